The van der Waals surface area contributed by atoms with Gasteiger partial charge in [0.2, 0.25) is 0 Å². The van der Waals surface area contributed by atoms with Crippen molar-refractivity contribution in [1.82, 2.24) is 0 Å². The van der Waals surface area contributed by atoms with E-state index in [0.717, 1.165) is 17.8 Å². The van der Waals surface area contributed by atoms with Crippen molar-refractivity contribution in [2.75, 3.05) is 0 Å². The number of rotatable bonds is 11. The second-order valence-corrected chi connectivity index (χ2v) is 10.5. The highest BCUT2D eigenvalue weighted by molar-refractivity contribution is 5.26. The standard InChI is InChI=1S/C30H45N/c1-2-3-4-5-6-8-25-16-20-29(21-17-25)30-22-18-28(19-23-30)15-14-27-12-10-26(11-13-27)9-7-24-31/h7,9,16-17,20-21,26-28,30H,2-6,8,10-15,18-19,22-23H2,1H3/b9-7+/t26-,27-,28-,30-. The molecule has 0 aromatic heterocycles. The first-order valence-corrected chi connectivity index (χ1v) is 13.4. The van der Waals surface area contributed by atoms with E-state index in [2.05, 4.69) is 43.3 Å². The molecule has 0 unspecified atom stereocenters. The molecule has 2 aliphatic carbocycles. The Bertz CT molecular complexity index is 663. The Balaban J connectivity index is 1.31. The van der Waals surface area contributed by atoms with Crippen LogP contribution < -0.4 is 0 Å². The van der Waals surface area contributed by atoms with Crippen molar-refractivity contribution in [1.29, 1.82) is 5.26 Å². The third-order valence-electron chi connectivity index (χ3n) is 8.18. The van der Waals surface area contributed by atoms with Gasteiger partial charge in [-0.05, 0) is 99.0 Å². The lowest BCUT2D eigenvalue weighted by Crippen LogP contribution is -2.17. The molecule has 3 rings (SSSR count). The lowest BCUT2D eigenvalue weighted by atomic mass is 9.74. The van der Waals surface area contributed by atoms with Crippen LogP contribution in [-0.4, -0.2) is 0 Å². The predicted molar refractivity (Wildman–Crippen MR) is 133 cm³/mol. The lowest BCUT2D eigenvalue weighted by Gasteiger charge is -2.31. The van der Waals surface area contributed by atoms with Crippen LogP contribution in [0.15, 0.2) is 36.4 Å². The minimum absolute atomic E-state index is 0.666. The van der Waals surface area contributed by atoms with Crippen molar-refractivity contribution in [3.63, 3.8) is 0 Å². The van der Waals surface area contributed by atoms with Crippen LogP contribution in [0.2, 0.25) is 0 Å². The zero-order chi connectivity index (χ0) is 21.7. The quantitative estimate of drug-likeness (QED) is 0.259. The first-order valence-electron chi connectivity index (χ1n) is 13.4. The number of aryl methyl sites for hydroxylation is 1. The Morgan fingerprint density at radius 2 is 1.42 bits per heavy atom. The number of unbranched alkanes of at least 4 members (excludes halogenated alkanes) is 4. The molecular weight excluding hydrogens is 374 g/mol. The average molecular weight is 420 g/mol. The van der Waals surface area contributed by atoms with Gasteiger partial charge < -0.3 is 0 Å². The molecule has 0 spiro atoms. The summed E-state index contributed by atoms with van der Waals surface area (Å²) in [5.74, 6) is 3.38. The molecule has 31 heavy (non-hydrogen) atoms. The number of hydrogen-bond acceptors (Lipinski definition) is 1. The second kappa shape index (κ2) is 13.8. The highest BCUT2D eigenvalue weighted by Gasteiger charge is 2.24. The maximum atomic E-state index is 8.70. The fraction of sp³-hybridized carbons (Fsp3) is 0.700. The Kier molecular flexibility index (Phi) is 10.7. The molecule has 0 aliphatic heterocycles. The predicted octanol–water partition coefficient (Wildman–Crippen LogP) is 9.14. The topological polar surface area (TPSA) is 23.8 Å². The number of hydrogen-bond donors (Lipinski definition) is 0. The molecule has 0 amide bonds. The first-order chi connectivity index (χ1) is 15.3. The van der Waals surface area contributed by atoms with Gasteiger partial charge in [-0.25, -0.2) is 0 Å². The Morgan fingerprint density at radius 1 is 0.806 bits per heavy atom. The van der Waals surface area contributed by atoms with Crippen LogP contribution in [0.25, 0.3) is 0 Å². The average Bonchev–Trinajstić information content (AvgIpc) is 2.83. The van der Waals surface area contributed by atoms with E-state index in [1.165, 1.54) is 108 Å². The van der Waals surface area contributed by atoms with Gasteiger partial charge in [0, 0.05) is 6.08 Å². The summed E-state index contributed by atoms with van der Waals surface area (Å²) in [6.45, 7) is 2.29. The van der Waals surface area contributed by atoms with E-state index in [0.29, 0.717) is 5.92 Å². The zero-order valence-electron chi connectivity index (χ0n) is 20.0. The molecule has 1 aromatic carbocycles. The van der Waals surface area contributed by atoms with Crippen molar-refractivity contribution in [2.45, 2.75) is 116 Å². The molecule has 2 fully saturated rings. The van der Waals surface area contributed by atoms with Crippen molar-refractivity contribution < 1.29 is 0 Å². The smallest absolute Gasteiger partial charge is 0.0908 e. The summed E-state index contributed by atoms with van der Waals surface area (Å²) < 4.78 is 0. The summed E-state index contributed by atoms with van der Waals surface area (Å²) in [6.07, 6.45) is 25.8. The van der Waals surface area contributed by atoms with E-state index in [1.54, 1.807) is 11.6 Å². The van der Waals surface area contributed by atoms with Crippen molar-refractivity contribution in [2.24, 2.45) is 17.8 Å². The molecule has 0 N–H and O–H groups in total. The maximum absolute atomic E-state index is 8.70. The fourth-order valence-corrected chi connectivity index (χ4v) is 5.99. The van der Waals surface area contributed by atoms with Gasteiger partial charge in [0.15, 0.2) is 0 Å². The van der Waals surface area contributed by atoms with Crippen LogP contribution in [0.5, 0.6) is 0 Å². The molecule has 1 aromatic rings. The summed E-state index contributed by atoms with van der Waals surface area (Å²) in [7, 11) is 0. The van der Waals surface area contributed by atoms with E-state index >= 15 is 0 Å². The normalized spacial score (nSPS) is 26.7. The summed E-state index contributed by atoms with van der Waals surface area (Å²) in [5, 5.41) is 8.70. The lowest BCUT2D eigenvalue weighted by molar-refractivity contribution is 0.246. The molecule has 2 aliphatic rings. The highest BCUT2D eigenvalue weighted by Crippen LogP contribution is 2.40. The third kappa shape index (κ3) is 8.48. The van der Waals surface area contributed by atoms with Gasteiger partial charge in [-0.3, -0.25) is 0 Å². The van der Waals surface area contributed by atoms with Gasteiger partial charge in [-0.1, -0.05) is 75.8 Å². The monoisotopic (exact) mass is 419 g/mol. The first kappa shape index (κ1) is 24.1. The molecule has 0 radical (unpaired) electrons. The molecule has 0 heterocycles. The van der Waals surface area contributed by atoms with Gasteiger partial charge in [0.25, 0.3) is 0 Å². The fourth-order valence-electron chi connectivity index (χ4n) is 5.99. The molecule has 1 nitrogen and oxygen atoms in total. The molecule has 2 saturated carbocycles. The largest absolute Gasteiger partial charge is 0.193 e. The number of nitrogens with zero attached hydrogens (tertiary/aromatic N) is 1. The maximum Gasteiger partial charge on any atom is 0.0908 e. The minimum atomic E-state index is 0.666. The Labute approximate surface area is 192 Å². The SMILES string of the molecule is CCCCCCCc1ccc([C@H]2CC[C@H](CC[C@H]3CC[C@H](/C=C/C#N)CC3)CC2)cc1. The van der Waals surface area contributed by atoms with Crippen LogP contribution in [0.4, 0.5) is 0 Å². The molecule has 0 atom stereocenters. The number of allylic oxidation sites excluding steroid dienone is 2. The van der Waals surface area contributed by atoms with E-state index in [4.69, 9.17) is 5.26 Å². The third-order valence-corrected chi connectivity index (χ3v) is 8.18. The molecule has 0 bridgehead atoms. The Morgan fingerprint density at radius 3 is 2.03 bits per heavy atom. The van der Waals surface area contributed by atoms with Crippen LogP contribution in [0.3, 0.4) is 0 Å². The van der Waals surface area contributed by atoms with E-state index in [9.17, 15) is 0 Å². The van der Waals surface area contributed by atoms with Crippen molar-refractivity contribution >= 4 is 0 Å². The van der Waals surface area contributed by atoms with Crippen molar-refractivity contribution in [3.05, 3.63) is 47.5 Å². The molecule has 170 valence electrons. The van der Waals surface area contributed by atoms with Crippen LogP contribution in [-0.2, 0) is 6.42 Å². The van der Waals surface area contributed by atoms with Crippen molar-refractivity contribution in [3.8, 4) is 6.07 Å². The van der Waals surface area contributed by atoms with Crippen LogP contribution >= 0.6 is 0 Å². The molecule has 1 heteroatoms. The van der Waals surface area contributed by atoms with E-state index < -0.39 is 0 Å². The van der Waals surface area contributed by atoms with Gasteiger partial charge >= 0.3 is 0 Å². The van der Waals surface area contributed by atoms with Gasteiger partial charge in [0.1, 0.15) is 0 Å². The molecule has 0 saturated heterocycles. The Hall–Kier alpha value is -1.55. The van der Waals surface area contributed by atoms with Gasteiger partial charge in [-0.2, -0.15) is 5.26 Å². The number of benzene rings is 1. The second-order valence-electron chi connectivity index (χ2n) is 10.5. The van der Waals surface area contributed by atoms with Crippen LogP contribution in [0.1, 0.15) is 120 Å². The minimum Gasteiger partial charge on any atom is -0.193 e. The zero-order valence-corrected chi connectivity index (χ0v) is 20.0. The van der Waals surface area contributed by atoms with Crippen LogP contribution in [0, 0.1) is 29.1 Å². The summed E-state index contributed by atoms with van der Waals surface area (Å²) in [6, 6.07) is 11.8. The van der Waals surface area contributed by atoms with E-state index in [-0.39, 0.29) is 0 Å². The highest BCUT2D eigenvalue weighted by atomic mass is 14.3. The van der Waals surface area contributed by atoms with E-state index in [1.807, 2.05) is 0 Å². The van der Waals surface area contributed by atoms with Gasteiger partial charge in [-0.15, -0.1) is 0 Å². The summed E-state index contributed by atoms with van der Waals surface area (Å²) in [4.78, 5) is 0. The molecular formula is C30H45N. The van der Waals surface area contributed by atoms with Gasteiger partial charge in [0.05, 0.1) is 6.07 Å². The summed E-state index contributed by atoms with van der Waals surface area (Å²) >= 11 is 0. The summed E-state index contributed by atoms with van der Waals surface area (Å²) in [5.41, 5.74) is 3.13. The number of nitriles is 1.